The van der Waals surface area contributed by atoms with E-state index >= 15 is 0 Å². The number of benzene rings is 6. The molecule has 0 fully saturated rings. The van der Waals surface area contributed by atoms with Crippen LogP contribution in [0.2, 0.25) is 0 Å². The maximum Gasteiger partial charge on any atom is 0.264 e. The van der Waals surface area contributed by atoms with Gasteiger partial charge in [0, 0.05) is 40.2 Å². The number of anilines is 5. The van der Waals surface area contributed by atoms with Crippen LogP contribution in [0.4, 0.5) is 28.4 Å². The number of fused-ring (bicyclic) bond motifs is 1. The van der Waals surface area contributed by atoms with Crippen molar-refractivity contribution < 1.29 is 24.6 Å². The summed E-state index contributed by atoms with van der Waals surface area (Å²) < 4.78 is 0. The van der Waals surface area contributed by atoms with E-state index in [0.717, 1.165) is 38.5 Å². The Labute approximate surface area is 294 Å². The minimum Gasteiger partial charge on any atom is -0.396 e. The number of amides is 3. The highest BCUT2D eigenvalue weighted by Crippen LogP contribution is 2.50. The molecule has 0 aromatic heterocycles. The molecule has 6 aromatic rings. The van der Waals surface area contributed by atoms with Crippen LogP contribution in [-0.2, 0) is 16.9 Å². The van der Waals surface area contributed by atoms with E-state index in [9.17, 15) is 24.6 Å². The maximum atomic E-state index is 14.5. The van der Waals surface area contributed by atoms with Crippen LogP contribution in [-0.4, -0.2) is 34.5 Å². The molecule has 9 rings (SSSR count). The van der Waals surface area contributed by atoms with Gasteiger partial charge in [0.15, 0.2) is 5.60 Å². The van der Waals surface area contributed by atoms with Crippen LogP contribution in [0, 0.1) is 5.92 Å². The first-order valence-corrected chi connectivity index (χ1v) is 17.1. The quantitative estimate of drug-likeness (QED) is 0.160. The van der Waals surface area contributed by atoms with Gasteiger partial charge in [-0.1, -0.05) is 79.7 Å². The molecule has 2 atom stereocenters. The molecule has 51 heavy (non-hydrogen) atoms. The molecule has 8 nitrogen and oxygen atoms in total. The Morgan fingerprint density at radius 2 is 1.25 bits per heavy atom. The summed E-state index contributed by atoms with van der Waals surface area (Å²) in [5, 5.41) is 25.6. The fourth-order valence-corrected chi connectivity index (χ4v) is 8.07. The standard InChI is InChI=1S/C43H33N3O5/c1-26(9-2-3-22-47)43(51)34-24-31(46-37-19-8-14-29-12-6-17-33(39(29)37)41(46)49)20-21-35(34)44(42(43)50)25-27-10-4-15-30(23-27)45-36-18-7-13-28-11-5-16-32(38(28)36)40(45)48/h2,4-21,23-24,26,47,51H,3,22,25H2,1H3/b9-2+/t26-,43+/m0/s1. The Morgan fingerprint density at radius 3 is 1.86 bits per heavy atom. The maximum absolute atomic E-state index is 14.5. The number of hydrogen-bond acceptors (Lipinski definition) is 5. The van der Waals surface area contributed by atoms with Crippen molar-refractivity contribution in [3.63, 3.8) is 0 Å². The SMILES string of the molecule is C[C@@H](/C=C/CCO)[C@]1(O)C(=O)N(Cc2cccc(N3C(=O)c4cccc5cccc3c45)c2)c2ccc(N3C(=O)c4cccc5cccc3c45)cc21. The Bertz CT molecular complexity index is 2500. The summed E-state index contributed by atoms with van der Waals surface area (Å²) in [6.45, 7) is 1.86. The molecule has 8 heteroatoms. The fourth-order valence-electron chi connectivity index (χ4n) is 8.07. The predicted octanol–water partition coefficient (Wildman–Crippen LogP) is 7.89. The molecular weight excluding hydrogens is 638 g/mol. The third-order valence-corrected chi connectivity index (χ3v) is 10.5. The number of nitrogens with zero attached hydrogens (tertiary/aromatic N) is 3. The van der Waals surface area contributed by atoms with E-state index in [-0.39, 0.29) is 25.0 Å². The van der Waals surface area contributed by atoms with Crippen molar-refractivity contribution in [1.29, 1.82) is 0 Å². The first-order valence-electron chi connectivity index (χ1n) is 17.1. The summed E-state index contributed by atoms with van der Waals surface area (Å²) in [5.41, 5.74) is 3.81. The highest BCUT2D eigenvalue weighted by Gasteiger charge is 2.53. The summed E-state index contributed by atoms with van der Waals surface area (Å²) in [6, 6.07) is 36.0. The number of carbonyl (C=O) groups is 3. The second-order valence-corrected chi connectivity index (χ2v) is 13.4. The van der Waals surface area contributed by atoms with Crippen LogP contribution < -0.4 is 14.7 Å². The van der Waals surface area contributed by atoms with E-state index < -0.39 is 17.4 Å². The van der Waals surface area contributed by atoms with E-state index in [0.29, 0.717) is 40.2 Å². The van der Waals surface area contributed by atoms with Gasteiger partial charge in [-0.3, -0.25) is 24.2 Å². The van der Waals surface area contributed by atoms with Crippen molar-refractivity contribution in [2.24, 2.45) is 5.92 Å². The summed E-state index contributed by atoms with van der Waals surface area (Å²) in [7, 11) is 0. The highest BCUT2D eigenvalue weighted by atomic mass is 16.3. The fraction of sp³-hybridized carbons (Fsp3) is 0.140. The molecule has 0 saturated heterocycles. The topological polar surface area (TPSA) is 101 Å². The van der Waals surface area contributed by atoms with Gasteiger partial charge in [0.05, 0.1) is 34.7 Å². The van der Waals surface area contributed by atoms with Gasteiger partial charge >= 0.3 is 0 Å². The van der Waals surface area contributed by atoms with Crippen LogP contribution in [0.25, 0.3) is 21.5 Å². The van der Waals surface area contributed by atoms with E-state index in [2.05, 4.69) is 0 Å². The summed E-state index contributed by atoms with van der Waals surface area (Å²) in [5.74, 6) is -1.43. The van der Waals surface area contributed by atoms with Crippen LogP contribution in [0.15, 0.2) is 127 Å². The summed E-state index contributed by atoms with van der Waals surface area (Å²) >= 11 is 0. The van der Waals surface area contributed by atoms with Crippen molar-refractivity contribution in [3.05, 3.63) is 150 Å². The average molecular weight is 672 g/mol. The molecular formula is C43H33N3O5. The van der Waals surface area contributed by atoms with Gasteiger partial charge in [0.1, 0.15) is 0 Å². The lowest BCUT2D eigenvalue weighted by atomic mass is 9.82. The van der Waals surface area contributed by atoms with Crippen molar-refractivity contribution in [2.75, 3.05) is 21.3 Å². The zero-order chi connectivity index (χ0) is 35.0. The van der Waals surface area contributed by atoms with Gasteiger partial charge in [-0.15, -0.1) is 0 Å². The molecule has 3 aliphatic rings. The lowest BCUT2D eigenvalue weighted by Gasteiger charge is -2.28. The van der Waals surface area contributed by atoms with Gasteiger partial charge in [0.25, 0.3) is 17.7 Å². The van der Waals surface area contributed by atoms with Crippen molar-refractivity contribution >= 4 is 67.7 Å². The molecule has 3 aliphatic heterocycles. The van der Waals surface area contributed by atoms with E-state index in [4.69, 9.17) is 0 Å². The van der Waals surface area contributed by atoms with Crippen LogP contribution in [0.1, 0.15) is 45.2 Å². The van der Waals surface area contributed by atoms with E-state index in [1.807, 2.05) is 103 Å². The normalized spacial score (nSPS) is 18.3. The minimum absolute atomic E-state index is 0.0545. The summed E-state index contributed by atoms with van der Waals surface area (Å²) in [4.78, 5) is 47.0. The number of rotatable bonds is 8. The Morgan fingerprint density at radius 1 is 0.686 bits per heavy atom. The first-order chi connectivity index (χ1) is 24.8. The van der Waals surface area contributed by atoms with Gasteiger partial charge < -0.3 is 15.1 Å². The molecule has 0 unspecified atom stereocenters. The van der Waals surface area contributed by atoms with Crippen molar-refractivity contribution in [1.82, 2.24) is 0 Å². The molecule has 250 valence electrons. The van der Waals surface area contributed by atoms with E-state index in [1.165, 1.54) is 0 Å². The Kier molecular flexibility index (Phi) is 6.96. The molecule has 0 aliphatic carbocycles. The Balaban J connectivity index is 1.11. The predicted molar refractivity (Wildman–Crippen MR) is 199 cm³/mol. The minimum atomic E-state index is -1.95. The van der Waals surface area contributed by atoms with Crippen molar-refractivity contribution in [2.45, 2.75) is 25.5 Å². The smallest absolute Gasteiger partial charge is 0.264 e. The summed E-state index contributed by atoms with van der Waals surface area (Å²) in [6.07, 6.45) is 3.90. The Hall–Kier alpha value is -6.09. The lowest BCUT2D eigenvalue weighted by Crippen LogP contribution is -2.44. The number of aliphatic hydroxyl groups is 2. The molecule has 6 aromatic carbocycles. The number of aliphatic hydroxyl groups excluding tert-OH is 1. The second kappa shape index (κ2) is 11.5. The zero-order valence-corrected chi connectivity index (χ0v) is 27.8. The van der Waals surface area contributed by atoms with Crippen molar-refractivity contribution in [3.8, 4) is 0 Å². The molecule has 0 bridgehead atoms. The van der Waals surface area contributed by atoms with Crippen LogP contribution >= 0.6 is 0 Å². The molecule has 0 spiro atoms. The number of hydrogen-bond donors (Lipinski definition) is 2. The third kappa shape index (κ3) is 4.43. The highest BCUT2D eigenvalue weighted by molar-refractivity contribution is 6.29. The largest absolute Gasteiger partial charge is 0.396 e. The average Bonchev–Trinajstić information content (AvgIpc) is 3.69. The third-order valence-electron chi connectivity index (χ3n) is 10.5. The van der Waals surface area contributed by atoms with Gasteiger partial charge in [-0.25, -0.2) is 0 Å². The zero-order valence-electron chi connectivity index (χ0n) is 27.8. The van der Waals surface area contributed by atoms with Gasteiger partial charge in [0.2, 0.25) is 0 Å². The molecule has 0 radical (unpaired) electrons. The molecule has 0 saturated carbocycles. The van der Waals surface area contributed by atoms with E-state index in [1.54, 1.807) is 45.9 Å². The molecule has 3 heterocycles. The van der Waals surface area contributed by atoms with Gasteiger partial charge in [-0.05, 0) is 77.4 Å². The van der Waals surface area contributed by atoms with Crippen LogP contribution in [0.3, 0.4) is 0 Å². The monoisotopic (exact) mass is 671 g/mol. The van der Waals surface area contributed by atoms with Gasteiger partial charge in [-0.2, -0.15) is 0 Å². The lowest BCUT2D eigenvalue weighted by molar-refractivity contribution is -0.139. The molecule has 3 amide bonds. The molecule has 2 N–H and O–H groups in total. The first kappa shape index (κ1) is 30.9. The van der Waals surface area contributed by atoms with Crippen LogP contribution in [0.5, 0.6) is 0 Å². The number of carbonyl (C=O) groups excluding carboxylic acids is 3. The second-order valence-electron chi connectivity index (χ2n) is 13.4.